The maximum Gasteiger partial charge on any atom is 0.337 e. The Morgan fingerprint density at radius 1 is 1.30 bits per heavy atom. The zero-order valence-electron chi connectivity index (χ0n) is 10.3. The van der Waals surface area contributed by atoms with Crippen LogP contribution in [0.5, 0.6) is 5.75 Å². The van der Waals surface area contributed by atoms with Gasteiger partial charge in [0.25, 0.3) is 0 Å². The van der Waals surface area contributed by atoms with Gasteiger partial charge < -0.3 is 15.6 Å². The molecule has 0 amide bonds. The molecule has 0 aromatic heterocycles. The van der Waals surface area contributed by atoms with Crippen molar-refractivity contribution in [1.29, 1.82) is 0 Å². The fourth-order valence-electron chi connectivity index (χ4n) is 1.62. The van der Waals surface area contributed by atoms with Crippen molar-refractivity contribution in [2.45, 2.75) is 6.61 Å². The van der Waals surface area contributed by atoms with Crippen LogP contribution in [0, 0.1) is 5.82 Å². The van der Waals surface area contributed by atoms with E-state index in [0.717, 1.165) is 0 Å². The van der Waals surface area contributed by atoms with Gasteiger partial charge in [0.1, 0.15) is 18.2 Å². The summed E-state index contributed by atoms with van der Waals surface area (Å²) in [5.41, 5.74) is 6.32. The van der Waals surface area contributed by atoms with Crippen molar-refractivity contribution in [3.05, 3.63) is 58.4 Å². The molecule has 0 aliphatic rings. The number of aromatic carboxylic acids is 1. The van der Waals surface area contributed by atoms with Crippen LogP contribution < -0.4 is 10.5 Å². The summed E-state index contributed by atoms with van der Waals surface area (Å²) in [5, 5.41) is 8.89. The molecule has 0 radical (unpaired) electrons. The van der Waals surface area contributed by atoms with E-state index in [4.69, 9.17) is 27.2 Å². The number of nitrogen functional groups attached to an aromatic ring is 1. The zero-order chi connectivity index (χ0) is 14.7. The smallest absolute Gasteiger partial charge is 0.337 e. The number of ether oxygens (including phenoxy) is 1. The SMILES string of the molecule is Nc1cc(OCc2ccc(Cl)c(F)c2)ccc1C(=O)O. The lowest BCUT2D eigenvalue weighted by molar-refractivity contribution is 0.0698. The predicted molar refractivity (Wildman–Crippen MR) is 73.6 cm³/mol. The first-order chi connectivity index (χ1) is 9.47. The first-order valence-corrected chi connectivity index (χ1v) is 6.04. The Bertz CT molecular complexity index is 661. The first kappa shape index (κ1) is 14.1. The van der Waals surface area contributed by atoms with E-state index in [9.17, 15) is 9.18 Å². The van der Waals surface area contributed by atoms with E-state index in [1.807, 2.05) is 0 Å². The highest BCUT2D eigenvalue weighted by Gasteiger charge is 2.09. The number of anilines is 1. The Balaban J connectivity index is 2.09. The Labute approximate surface area is 119 Å². The highest BCUT2D eigenvalue weighted by molar-refractivity contribution is 6.30. The summed E-state index contributed by atoms with van der Waals surface area (Å²) in [7, 11) is 0. The van der Waals surface area contributed by atoms with E-state index in [1.54, 1.807) is 6.07 Å². The summed E-state index contributed by atoms with van der Waals surface area (Å²) in [6, 6.07) is 8.62. The second-order valence-electron chi connectivity index (χ2n) is 4.09. The van der Waals surface area contributed by atoms with Gasteiger partial charge in [-0.2, -0.15) is 0 Å². The van der Waals surface area contributed by atoms with E-state index < -0.39 is 11.8 Å². The standard InChI is InChI=1S/C14H11ClFNO3/c15-11-4-1-8(5-12(11)16)7-20-9-2-3-10(14(18)19)13(17)6-9/h1-6H,7,17H2,(H,18,19). The average molecular weight is 296 g/mol. The molecule has 20 heavy (non-hydrogen) atoms. The molecular weight excluding hydrogens is 285 g/mol. The minimum absolute atomic E-state index is 0.00915. The molecule has 0 aliphatic heterocycles. The quantitative estimate of drug-likeness (QED) is 0.849. The van der Waals surface area contributed by atoms with Crippen LogP contribution in [0.15, 0.2) is 36.4 Å². The van der Waals surface area contributed by atoms with Gasteiger partial charge in [-0.1, -0.05) is 17.7 Å². The lowest BCUT2D eigenvalue weighted by Crippen LogP contribution is -2.03. The number of hydrogen-bond acceptors (Lipinski definition) is 3. The predicted octanol–water partition coefficient (Wildman–Crippen LogP) is 3.34. The summed E-state index contributed by atoms with van der Waals surface area (Å²) in [6.45, 7) is 0.125. The number of hydrogen-bond donors (Lipinski definition) is 2. The van der Waals surface area contributed by atoms with Gasteiger partial charge in [0, 0.05) is 11.8 Å². The third kappa shape index (κ3) is 3.19. The maximum absolute atomic E-state index is 13.2. The van der Waals surface area contributed by atoms with Crippen molar-refractivity contribution in [3.8, 4) is 5.75 Å². The van der Waals surface area contributed by atoms with Gasteiger partial charge >= 0.3 is 5.97 Å². The van der Waals surface area contributed by atoms with E-state index in [-0.39, 0.29) is 22.9 Å². The lowest BCUT2D eigenvalue weighted by Gasteiger charge is -2.08. The minimum Gasteiger partial charge on any atom is -0.489 e. The minimum atomic E-state index is -1.10. The molecular formula is C14H11ClFNO3. The maximum atomic E-state index is 13.2. The van der Waals surface area contributed by atoms with Crippen molar-refractivity contribution in [1.82, 2.24) is 0 Å². The second-order valence-corrected chi connectivity index (χ2v) is 4.50. The first-order valence-electron chi connectivity index (χ1n) is 5.67. The second kappa shape index (κ2) is 5.79. The van der Waals surface area contributed by atoms with Crippen molar-refractivity contribution in [2.24, 2.45) is 0 Å². The van der Waals surface area contributed by atoms with Crippen molar-refractivity contribution < 1.29 is 19.0 Å². The van der Waals surface area contributed by atoms with Crippen LogP contribution in [0.4, 0.5) is 10.1 Å². The van der Waals surface area contributed by atoms with Gasteiger partial charge in [-0.05, 0) is 29.8 Å². The molecule has 0 atom stereocenters. The third-order valence-electron chi connectivity index (χ3n) is 2.64. The van der Waals surface area contributed by atoms with Crippen LogP contribution in [0.3, 0.4) is 0 Å². The van der Waals surface area contributed by atoms with E-state index >= 15 is 0 Å². The molecule has 2 aromatic carbocycles. The highest BCUT2D eigenvalue weighted by atomic mass is 35.5. The summed E-state index contributed by atoms with van der Waals surface area (Å²) in [4.78, 5) is 10.8. The Kier molecular flexibility index (Phi) is 4.10. The molecule has 3 N–H and O–H groups in total. The molecule has 2 aromatic rings. The summed E-state index contributed by atoms with van der Waals surface area (Å²) in [5.74, 6) is -1.22. The lowest BCUT2D eigenvalue weighted by atomic mass is 10.2. The van der Waals surface area contributed by atoms with Crippen LogP contribution in [0.1, 0.15) is 15.9 Å². The molecule has 0 heterocycles. The Hall–Kier alpha value is -2.27. The monoisotopic (exact) mass is 295 g/mol. The molecule has 104 valence electrons. The molecule has 0 saturated heterocycles. The van der Waals surface area contributed by atoms with Crippen LogP contribution in [-0.4, -0.2) is 11.1 Å². The van der Waals surface area contributed by atoms with Gasteiger partial charge in [0.15, 0.2) is 0 Å². The fourth-order valence-corrected chi connectivity index (χ4v) is 1.74. The summed E-state index contributed by atoms with van der Waals surface area (Å²) in [6.07, 6.45) is 0. The third-order valence-corrected chi connectivity index (χ3v) is 2.95. The topological polar surface area (TPSA) is 72.5 Å². The number of rotatable bonds is 4. The Morgan fingerprint density at radius 2 is 2.05 bits per heavy atom. The van der Waals surface area contributed by atoms with Gasteiger partial charge in [-0.3, -0.25) is 0 Å². The van der Waals surface area contributed by atoms with E-state index in [1.165, 1.54) is 30.3 Å². The van der Waals surface area contributed by atoms with Crippen molar-refractivity contribution in [2.75, 3.05) is 5.73 Å². The number of carboxylic acid groups (broad SMARTS) is 1. The average Bonchev–Trinajstić information content (AvgIpc) is 2.40. The molecule has 0 unspecified atom stereocenters. The van der Waals surface area contributed by atoms with E-state index in [0.29, 0.717) is 11.3 Å². The Morgan fingerprint density at radius 3 is 2.65 bits per heavy atom. The normalized spacial score (nSPS) is 10.3. The van der Waals surface area contributed by atoms with Gasteiger partial charge in [0.05, 0.1) is 10.6 Å². The van der Waals surface area contributed by atoms with Crippen LogP contribution in [0.2, 0.25) is 5.02 Å². The number of benzene rings is 2. The van der Waals surface area contributed by atoms with Gasteiger partial charge in [0.2, 0.25) is 0 Å². The van der Waals surface area contributed by atoms with Gasteiger partial charge in [-0.15, -0.1) is 0 Å². The number of carbonyl (C=O) groups is 1. The molecule has 4 nitrogen and oxygen atoms in total. The molecule has 0 bridgehead atoms. The van der Waals surface area contributed by atoms with Crippen LogP contribution in [0.25, 0.3) is 0 Å². The molecule has 6 heteroatoms. The van der Waals surface area contributed by atoms with Gasteiger partial charge in [-0.25, -0.2) is 9.18 Å². The van der Waals surface area contributed by atoms with Crippen molar-refractivity contribution >= 4 is 23.3 Å². The highest BCUT2D eigenvalue weighted by Crippen LogP contribution is 2.22. The summed E-state index contributed by atoms with van der Waals surface area (Å²) >= 11 is 5.58. The molecule has 0 saturated carbocycles. The molecule has 0 fully saturated rings. The van der Waals surface area contributed by atoms with Crippen LogP contribution >= 0.6 is 11.6 Å². The number of halogens is 2. The number of carboxylic acids is 1. The molecule has 0 aliphatic carbocycles. The fraction of sp³-hybridized carbons (Fsp3) is 0.0714. The van der Waals surface area contributed by atoms with Crippen LogP contribution in [-0.2, 0) is 6.61 Å². The molecule has 2 rings (SSSR count). The molecule has 0 spiro atoms. The summed E-state index contributed by atoms with van der Waals surface area (Å²) < 4.78 is 18.7. The van der Waals surface area contributed by atoms with Crippen molar-refractivity contribution in [3.63, 3.8) is 0 Å². The largest absolute Gasteiger partial charge is 0.489 e. The number of nitrogens with two attached hydrogens (primary N) is 1. The van der Waals surface area contributed by atoms with E-state index in [2.05, 4.69) is 0 Å². The zero-order valence-corrected chi connectivity index (χ0v) is 11.0.